The lowest BCUT2D eigenvalue weighted by atomic mass is 10.2. The second-order valence-corrected chi connectivity index (χ2v) is 9.59. The molecule has 0 bridgehead atoms. The molecule has 1 N–H and O–H groups in total. The van der Waals surface area contributed by atoms with E-state index in [9.17, 15) is 13.2 Å². The molecule has 0 unspecified atom stereocenters. The highest BCUT2D eigenvalue weighted by Crippen LogP contribution is 2.25. The number of nitrogens with one attached hydrogen (secondary N) is 1. The summed E-state index contributed by atoms with van der Waals surface area (Å²) >= 11 is 0. The molecule has 134 valence electrons. The summed E-state index contributed by atoms with van der Waals surface area (Å²) in [5, 5.41) is 3.33. The molecule has 0 aromatic heterocycles. The maximum absolute atomic E-state index is 12.1. The highest BCUT2D eigenvalue weighted by molar-refractivity contribution is 14.0. The van der Waals surface area contributed by atoms with Crippen LogP contribution in [0.3, 0.4) is 0 Å². The van der Waals surface area contributed by atoms with Gasteiger partial charge < -0.3 is 15.1 Å². The molecule has 1 saturated heterocycles. The lowest BCUT2D eigenvalue weighted by Gasteiger charge is -2.39. The van der Waals surface area contributed by atoms with E-state index in [4.69, 9.17) is 0 Å². The molecule has 0 radical (unpaired) electrons. The summed E-state index contributed by atoms with van der Waals surface area (Å²) < 4.78 is 23.4. The van der Waals surface area contributed by atoms with Gasteiger partial charge in [0.1, 0.15) is 6.54 Å². The van der Waals surface area contributed by atoms with E-state index in [1.165, 1.54) is 4.90 Å². The average molecular weight is 458 g/mol. The van der Waals surface area contributed by atoms with Crippen LogP contribution in [0.15, 0.2) is 4.99 Å². The maximum atomic E-state index is 12.1. The Labute approximate surface area is 155 Å². The summed E-state index contributed by atoms with van der Waals surface area (Å²) in [6, 6.07) is 0.398. The molecule has 1 heterocycles. The van der Waals surface area contributed by atoms with Crippen LogP contribution < -0.4 is 5.32 Å². The molecule has 1 aliphatic heterocycles. The third-order valence-corrected chi connectivity index (χ3v) is 6.65. The van der Waals surface area contributed by atoms with E-state index in [0.29, 0.717) is 25.1 Å². The van der Waals surface area contributed by atoms with Crippen molar-refractivity contribution in [3.05, 3.63) is 0 Å². The van der Waals surface area contributed by atoms with Crippen LogP contribution in [-0.2, 0) is 14.6 Å². The minimum absolute atomic E-state index is 0. The highest BCUT2D eigenvalue weighted by atomic mass is 127. The van der Waals surface area contributed by atoms with E-state index < -0.39 is 14.6 Å². The van der Waals surface area contributed by atoms with Gasteiger partial charge in [0.25, 0.3) is 0 Å². The van der Waals surface area contributed by atoms with Gasteiger partial charge in [-0.3, -0.25) is 4.79 Å². The quantitative estimate of drug-likeness (QED) is 0.374. The first-order valence-corrected chi connectivity index (χ1v) is 9.26. The van der Waals surface area contributed by atoms with Crippen LogP contribution in [0, 0.1) is 0 Å². The molecule has 0 aromatic carbocycles. The number of hydrogen-bond acceptors (Lipinski definition) is 4. The van der Waals surface area contributed by atoms with E-state index in [0.717, 1.165) is 12.8 Å². The zero-order valence-corrected chi connectivity index (χ0v) is 17.3. The summed E-state index contributed by atoms with van der Waals surface area (Å²) in [6.45, 7) is 4.37. The zero-order valence-electron chi connectivity index (χ0n) is 14.2. The van der Waals surface area contributed by atoms with E-state index >= 15 is 0 Å². The molecule has 2 rings (SSSR count). The van der Waals surface area contributed by atoms with Gasteiger partial charge in [0.15, 0.2) is 15.8 Å². The fourth-order valence-corrected chi connectivity index (χ4v) is 3.62. The Bertz CT molecular complexity index is 571. The molecule has 0 atom stereocenters. The van der Waals surface area contributed by atoms with Crippen LogP contribution in [-0.4, -0.2) is 80.4 Å². The molecule has 2 fully saturated rings. The highest BCUT2D eigenvalue weighted by Gasteiger charge is 2.41. The van der Waals surface area contributed by atoms with Gasteiger partial charge in [-0.05, 0) is 26.7 Å². The van der Waals surface area contributed by atoms with E-state index in [1.54, 1.807) is 27.9 Å². The molecule has 1 saturated carbocycles. The molecule has 9 heteroatoms. The summed E-state index contributed by atoms with van der Waals surface area (Å²) in [7, 11) is 0.309. The number of amides is 1. The Kier molecular flexibility index (Phi) is 6.71. The second kappa shape index (κ2) is 7.54. The molecule has 7 nitrogen and oxygen atoms in total. The topological polar surface area (TPSA) is 82.1 Å². The van der Waals surface area contributed by atoms with Crippen LogP contribution in [0.1, 0.15) is 26.7 Å². The van der Waals surface area contributed by atoms with Gasteiger partial charge in [0, 0.05) is 33.2 Å². The number of halogens is 1. The Morgan fingerprint density at radius 1 is 1.35 bits per heavy atom. The fraction of sp³-hybridized carbons (Fsp3) is 0.857. The molecule has 2 aliphatic rings. The van der Waals surface area contributed by atoms with Crippen LogP contribution in [0.5, 0.6) is 0 Å². The monoisotopic (exact) mass is 458 g/mol. The number of hydrogen-bond donors (Lipinski definition) is 1. The molecular formula is C14H27IN4O3S. The van der Waals surface area contributed by atoms with Crippen molar-refractivity contribution in [1.29, 1.82) is 0 Å². The van der Waals surface area contributed by atoms with Crippen LogP contribution in [0.25, 0.3) is 0 Å². The van der Waals surface area contributed by atoms with Gasteiger partial charge in [-0.15, -0.1) is 24.0 Å². The molecule has 1 aliphatic carbocycles. The molecule has 1 amide bonds. The Morgan fingerprint density at radius 2 is 1.96 bits per heavy atom. The SMILES string of the molecule is CN(C)C(=O)CN=C(NC1CC1)N1CCS(=O)(=O)C(C)(C)C1.I. The third kappa shape index (κ3) is 5.20. The van der Waals surface area contributed by atoms with Gasteiger partial charge >= 0.3 is 0 Å². The average Bonchev–Trinajstić information content (AvgIpc) is 3.21. The molecule has 0 spiro atoms. The zero-order chi connectivity index (χ0) is 16.5. The van der Waals surface area contributed by atoms with Crippen molar-refractivity contribution in [1.82, 2.24) is 15.1 Å². The number of sulfone groups is 1. The number of likely N-dealkylation sites (N-methyl/N-ethyl adjacent to an activating group) is 1. The predicted molar refractivity (Wildman–Crippen MR) is 102 cm³/mol. The fourth-order valence-electron chi connectivity index (χ4n) is 2.26. The van der Waals surface area contributed by atoms with Crippen molar-refractivity contribution in [2.75, 3.05) is 39.5 Å². The smallest absolute Gasteiger partial charge is 0.243 e. The number of aliphatic imine (C=N–C) groups is 1. The van der Waals surface area contributed by atoms with Crippen LogP contribution in [0.4, 0.5) is 0 Å². The van der Waals surface area contributed by atoms with Gasteiger partial charge in [0.05, 0.1) is 10.5 Å². The number of rotatable bonds is 3. The van der Waals surface area contributed by atoms with Crippen molar-refractivity contribution in [3.8, 4) is 0 Å². The molecule has 23 heavy (non-hydrogen) atoms. The number of carbonyl (C=O) groups is 1. The lowest BCUT2D eigenvalue weighted by Crippen LogP contribution is -2.57. The molecular weight excluding hydrogens is 431 g/mol. The van der Waals surface area contributed by atoms with Gasteiger partial charge in [-0.2, -0.15) is 0 Å². The first kappa shape index (κ1) is 20.5. The normalized spacial score (nSPS) is 23.0. The molecule has 0 aromatic rings. The minimum Gasteiger partial charge on any atom is -0.353 e. The number of nitrogens with zero attached hydrogens (tertiary/aromatic N) is 3. The first-order chi connectivity index (χ1) is 10.1. The van der Waals surface area contributed by atoms with Crippen LogP contribution >= 0.6 is 24.0 Å². The lowest BCUT2D eigenvalue weighted by molar-refractivity contribution is -0.127. The van der Waals surface area contributed by atoms with Crippen molar-refractivity contribution >= 4 is 45.7 Å². The van der Waals surface area contributed by atoms with Crippen molar-refractivity contribution < 1.29 is 13.2 Å². The third-order valence-electron chi connectivity index (χ3n) is 4.12. The summed E-state index contributed by atoms with van der Waals surface area (Å²) in [4.78, 5) is 19.6. The van der Waals surface area contributed by atoms with E-state index in [1.807, 2.05) is 4.90 Å². The van der Waals surface area contributed by atoms with Crippen molar-refractivity contribution in [2.45, 2.75) is 37.5 Å². The summed E-state index contributed by atoms with van der Waals surface area (Å²) in [5.41, 5.74) is 0. The Hall–Kier alpha value is -0.580. The van der Waals surface area contributed by atoms with E-state index in [-0.39, 0.29) is 42.2 Å². The number of carbonyl (C=O) groups excluding carboxylic acids is 1. The second-order valence-electron chi connectivity index (χ2n) is 6.85. The Balaban J connectivity index is 0.00000264. The summed E-state index contributed by atoms with van der Waals surface area (Å²) in [5.74, 6) is 0.701. The number of guanidine groups is 1. The summed E-state index contributed by atoms with van der Waals surface area (Å²) in [6.07, 6.45) is 2.19. The van der Waals surface area contributed by atoms with Gasteiger partial charge in [0.2, 0.25) is 5.91 Å². The van der Waals surface area contributed by atoms with Gasteiger partial charge in [-0.25, -0.2) is 13.4 Å². The van der Waals surface area contributed by atoms with Crippen molar-refractivity contribution in [2.24, 2.45) is 4.99 Å². The van der Waals surface area contributed by atoms with Gasteiger partial charge in [-0.1, -0.05) is 0 Å². The maximum Gasteiger partial charge on any atom is 0.243 e. The Morgan fingerprint density at radius 3 is 2.43 bits per heavy atom. The van der Waals surface area contributed by atoms with E-state index in [2.05, 4.69) is 10.3 Å². The van der Waals surface area contributed by atoms with Crippen molar-refractivity contribution in [3.63, 3.8) is 0 Å². The predicted octanol–water partition coefficient (Wildman–Crippen LogP) is 0.310. The van der Waals surface area contributed by atoms with Crippen LogP contribution in [0.2, 0.25) is 0 Å². The standard InChI is InChI=1S/C14H26N4O3S.HI/c1-14(2)10-18(7-8-22(14,20)21)13(16-11-5-6-11)15-9-12(19)17(3)4;/h11H,5-10H2,1-4H3,(H,15,16);1H. The largest absolute Gasteiger partial charge is 0.353 e. The first-order valence-electron chi connectivity index (χ1n) is 7.61. The minimum atomic E-state index is -3.08.